The topological polar surface area (TPSA) is 74.7 Å². The van der Waals surface area contributed by atoms with Crippen molar-refractivity contribution in [3.8, 4) is 11.4 Å². The fourth-order valence-corrected chi connectivity index (χ4v) is 3.87. The van der Waals surface area contributed by atoms with Gasteiger partial charge in [0.15, 0.2) is 0 Å². The number of hydrogen-bond acceptors (Lipinski definition) is 5. The summed E-state index contributed by atoms with van der Waals surface area (Å²) in [5.74, 6) is 0.569. The van der Waals surface area contributed by atoms with Gasteiger partial charge >= 0.3 is 6.03 Å². The van der Waals surface area contributed by atoms with Gasteiger partial charge in [0.1, 0.15) is 12.4 Å². The number of hydrazine groups is 3. The van der Waals surface area contributed by atoms with Gasteiger partial charge in [0.2, 0.25) is 0 Å². The van der Waals surface area contributed by atoms with E-state index in [0.717, 1.165) is 40.3 Å². The molecule has 0 atom stereocenters. The molecule has 2 amide bonds. The fraction of sp³-hybridized carbons (Fsp3) is 0.273. The van der Waals surface area contributed by atoms with Gasteiger partial charge in [0.25, 0.3) is 0 Å². The van der Waals surface area contributed by atoms with E-state index in [0.29, 0.717) is 10.8 Å². The number of ether oxygens (including phenoxy) is 1. The lowest BCUT2D eigenvalue weighted by Crippen LogP contribution is -2.38. The highest BCUT2D eigenvalue weighted by atomic mass is 35.5. The quantitative estimate of drug-likeness (QED) is 0.604. The van der Waals surface area contributed by atoms with Gasteiger partial charge in [-0.2, -0.15) is 5.10 Å². The number of rotatable bonds is 6. The maximum atomic E-state index is 12.4. The van der Waals surface area contributed by atoms with Crippen molar-refractivity contribution in [2.45, 2.75) is 33.8 Å². The molecular formula is C22H25ClN6O2. The number of nitrogens with one attached hydrogen (secondary N) is 2. The lowest BCUT2D eigenvalue weighted by molar-refractivity contribution is 0.214. The molecule has 4 rings (SSSR count). The second kappa shape index (κ2) is 8.58. The number of nitrogens with zero attached hydrogens (tertiary/aromatic N) is 4. The Bertz CT molecular complexity index is 1130. The van der Waals surface area contributed by atoms with Crippen LogP contribution in [0.5, 0.6) is 5.75 Å². The van der Waals surface area contributed by atoms with Crippen LogP contribution in [0.4, 0.5) is 10.5 Å². The van der Waals surface area contributed by atoms with Crippen molar-refractivity contribution in [1.29, 1.82) is 0 Å². The van der Waals surface area contributed by atoms with Gasteiger partial charge in [-0.1, -0.05) is 30.7 Å². The molecule has 1 fully saturated rings. The van der Waals surface area contributed by atoms with Crippen molar-refractivity contribution in [2.24, 2.45) is 0 Å². The second-order valence-electron chi connectivity index (χ2n) is 7.41. The summed E-state index contributed by atoms with van der Waals surface area (Å²) in [5.41, 5.74) is 11.3. The zero-order valence-corrected chi connectivity index (χ0v) is 18.7. The van der Waals surface area contributed by atoms with Crippen molar-refractivity contribution in [2.75, 3.05) is 12.1 Å². The molecule has 2 N–H and O–H groups in total. The van der Waals surface area contributed by atoms with Crippen LogP contribution >= 0.6 is 11.6 Å². The molecule has 0 bridgehead atoms. The van der Waals surface area contributed by atoms with Crippen molar-refractivity contribution < 1.29 is 9.53 Å². The number of aryl methyl sites for hydroxylation is 3. The number of carbonyl (C=O) groups is 1. The number of carbonyl (C=O) groups excluding carboxylic acids is 1. The fourth-order valence-electron chi connectivity index (χ4n) is 3.64. The molecule has 2 heterocycles. The molecule has 162 valence electrons. The first-order valence-corrected chi connectivity index (χ1v) is 10.4. The van der Waals surface area contributed by atoms with Crippen molar-refractivity contribution >= 4 is 23.3 Å². The van der Waals surface area contributed by atoms with Crippen LogP contribution in [0.1, 0.15) is 29.4 Å². The highest BCUT2D eigenvalue weighted by Crippen LogP contribution is 2.31. The Labute approximate surface area is 186 Å². The van der Waals surface area contributed by atoms with Gasteiger partial charge in [0, 0.05) is 18.3 Å². The zero-order valence-electron chi connectivity index (χ0n) is 17.9. The molecule has 0 spiro atoms. The molecule has 1 aliphatic rings. The third-order valence-corrected chi connectivity index (χ3v) is 5.51. The largest absolute Gasteiger partial charge is 0.487 e. The van der Waals surface area contributed by atoms with Gasteiger partial charge in [-0.15, -0.1) is 11.1 Å². The van der Waals surface area contributed by atoms with Gasteiger partial charge in [0.05, 0.1) is 22.1 Å². The lowest BCUT2D eigenvalue weighted by Gasteiger charge is -2.21. The molecule has 0 aliphatic carbocycles. The number of aromatic nitrogens is 2. The Kier molecular flexibility index (Phi) is 5.86. The minimum atomic E-state index is -0.207. The molecule has 1 aromatic heterocycles. The average molecular weight is 441 g/mol. The standard InChI is InChI=1S/C22H25ClN6O2/c1-5-16-7-6-8-20(29-22(30)27(4)25-26-29)18(16)13-31-21-10-9-17(12-19(21)23)28-15(3)11-14(2)24-28/h6-12,25-26H,5,13H2,1-4H3. The van der Waals surface area contributed by atoms with Crippen LogP contribution in [0, 0.1) is 13.8 Å². The van der Waals surface area contributed by atoms with E-state index in [4.69, 9.17) is 16.3 Å². The SMILES string of the molecule is CCc1cccc(N2NNN(C)C2=O)c1COc1ccc(-n2nc(C)cc2C)cc1Cl. The van der Waals surface area contributed by atoms with Crippen LogP contribution in [-0.4, -0.2) is 27.9 Å². The second-order valence-corrected chi connectivity index (χ2v) is 7.82. The Hall–Kier alpha value is -3.07. The molecule has 8 nitrogen and oxygen atoms in total. The number of halogens is 1. The Morgan fingerprint density at radius 2 is 1.94 bits per heavy atom. The van der Waals surface area contributed by atoms with Crippen molar-refractivity contribution in [1.82, 2.24) is 25.9 Å². The minimum Gasteiger partial charge on any atom is -0.487 e. The van der Waals surface area contributed by atoms with E-state index in [9.17, 15) is 4.79 Å². The summed E-state index contributed by atoms with van der Waals surface area (Å²) in [7, 11) is 1.65. The first-order valence-electron chi connectivity index (χ1n) is 10.0. The highest BCUT2D eigenvalue weighted by Gasteiger charge is 2.29. The van der Waals surface area contributed by atoms with E-state index in [1.54, 1.807) is 7.05 Å². The van der Waals surface area contributed by atoms with Crippen LogP contribution in [0.25, 0.3) is 5.69 Å². The summed E-state index contributed by atoms with van der Waals surface area (Å²) >= 11 is 6.53. The molecule has 0 radical (unpaired) electrons. The van der Waals surface area contributed by atoms with Gasteiger partial charge in [-0.25, -0.2) is 19.5 Å². The number of amides is 2. The summed E-state index contributed by atoms with van der Waals surface area (Å²) in [6, 6.07) is 13.3. The summed E-state index contributed by atoms with van der Waals surface area (Å²) in [5, 5.41) is 7.83. The van der Waals surface area contributed by atoms with Crippen LogP contribution in [0.2, 0.25) is 5.02 Å². The van der Waals surface area contributed by atoms with Crippen LogP contribution in [0.3, 0.4) is 0 Å². The summed E-state index contributed by atoms with van der Waals surface area (Å²) in [6.07, 6.45) is 0.808. The van der Waals surface area contributed by atoms with Crippen LogP contribution in [-0.2, 0) is 13.0 Å². The molecule has 1 aliphatic heterocycles. The predicted octanol–water partition coefficient (Wildman–Crippen LogP) is 4.08. The normalized spacial score (nSPS) is 13.9. The third kappa shape index (κ3) is 4.10. The van der Waals surface area contributed by atoms with E-state index >= 15 is 0 Å². The highest BCUT2D eigenvalue weighted by molar-refractivity contribution is 6.32. The Morgan fingerprint density at radius 3 is 2.55 bits per heavy atom. The van der Waals surface area contributed by atoms with Crippen molar-refractivity contribution in [3.63, 3.8) is 0 Å². The molecule has 9 heteroatoms. The molecular weight excluding hydrogens is 416 g/mol. The summed E-state index contributed by atoms with van der Waals surface area (Å²) < 4.78 is 7.94. The summed E-state index contributed by atoms with van der Waals surface area (Å²) in [4.78, 5) is 12.4. The maximum absolute atomic E-state index is 12.4. The smallest absolute Gasteiger partial charge is 0.355 e. The van der Waals surface area contributed by atoms with Gasteiger partial charge in [-0.3, -0.25) is 0 Å². The monoisotopic (exact) mass is 440 g/mol. The first kappa shape index (κ1) is 21.2. The van der Waals surface area contributed by atoms with E-state index in [1.165, 1.54) is 10.0 Å². The molecule has 1 saturated heterocycles. The molecule has 2 aromatic carbocycles. The minimum absolute atomic E-state index is 0.207. The van der Waals surface area contributed by atoms with Crippen LogP contribution < -0.4 is 20.8 Å². The number of hydrogen-bond donors (Lipinski definition) is 2. The van der Waals surface area contributed by atoms with E-state index in [2.05, 4.69) is 23.1 Å². The molecule has 0 unspecified atom stereocenters. The van der Waals surface area contributed by atoms with Gasteiger partial charge in [-0.05, 0) is 56.2 Å². The molecule has 0 saturated carbocycles. The molecule has 3 aromatic rings. The maximum Gasteiger partial charge on any atom is 0.355 e. The van der Waals surface area contributed by atoms with Crippen LogP contribution in [0.15, 0.2) is 42.5 Å². The van der Waals surface area contributed by atoms with E-state index < -0.39 is 0 Å². The lowest BCUT2D eigenvalue weighted by atomic mass is 10.0. The number of benzene rings is 2. The molecule has 31 heavy (non-hydrogen) atoms. The third-order valence-electron chi connectivity index (χ3n) is 5.22. The van der Waals surface area contributed by atoms with E-state index in [-0.39, 0.29) is 12.6 Å². The van der Waals surface area contributed by atoms with Crippen molar-refractivity contribution in [3.05, 3.63) is 70.0 Å². The van der Waals surface area contributed by atoms with Gasteiger partial charge < -0.3 is 4.74 Å². The Morgan fingerprint density at radius 1 is 1.13 bits per heavy atom. The number of anilines is 1. The predicted molar refractivity (Wildman–Crippen MR) is 120 cm³/mol. The number of urea groups is 1. The zero-order chi connectivity index (χ0) is 22.1. The average Bonchev–Trinajstić information content (AvgIpc) is 3.27. The van der Waals surface area contributed by atoms with E-state index in [1.807, 2.05) is 61.0 Å². The first-order chi connectivity index (χ1) is 14.9. The summed E-state index contributed by atoms with van der Waals surface area (Å²) in [6.45, 7) is 6.30. The Balaban J connectivity index is 1.59.